The van der Waals surface area contributed by atoms with Gasteiger partial charge in [-0.1, -0.05) is 0 Å². The molecule has 0 spiro atoms. The fraction of sp³-hybridized carbons (Fsp3) is 0.875. The van der Waals surface area contributed by atoms with Crippen LogP contribution in [-0.4, -0.2) is 31.0 Å². The van der Waals surface area contributed by atoms with Gasteiger partial charge in [0.25, 0.3) is 0 Å². The van der Waals surface area contributed by atoms with Crippen LogP contribution in [0.1, 0.15) is 20.3 Å². The molecule has 12 heavy (non-hydrogen) atoms. The Labute approximate surface area is 78.8 Å². The maximum Gasteiger partial charge on any atom is 0.334 e. The molecule has 1 atom stereocenters. The van der Waals surface area contributed by atoms with Gasteiger partial charge in [0.1, 0.15) is 0 Å². The first-order chi connectivity index (χ1) is 5.72. The van der Waals surface area contributed by atoms with E-state index in [2.05, 4.69) is 12.6 Å². The van der Waals surface area contributed by atoms with Gasteiger partial charge in [0.2, 0.25) is 0 Å². The first kappa shape index (κ1) is 11.8. The number of hydrogen-bond donors (Lipinski definition) is 1. The van der Waals surface area contributed by atoms with Crippen LogP contribution in [0.25, 0.3) is 0 Å². The van der Waals surface area contributed by atoms with Crippen LogP contribution in [0.2, 0.25) is 0 Å². The summed E-state index contributed by atoms with van der Waals surface area (Å²) < 4.78 is 9.92. The van der Waals surface area contributed by atoms with E-state index in [0.717, 1.165) is 12.2 Å². The summed E-state index contributed by atoms with van der Waals surface area (Å²) in [5.74, 6) is 0.479. The van der Waals surface area contributed by atoms with E-state index in [1.165, 1.54) is 0 Å². The van der Waals surface area contributed by atoms with Crippen molar-refractivity contribution in [2.45, 2.75) is 26.4 Å². The summed E-state index contributed by atoms with van der Waals surface area (Å²) >= 11 is 4.02. The predicted molar refractivity (Wildman–Crippen MR) is 50.5 cm³/mol. The molecular weight excluding hydrogens is 176 g/mol. The van der Waals surface area contributed by atoms with Crippen molar-refractivity contribution in [3.8, 4) is 0 Å². The van der Waals surface area contributed by atoms with E-state index in [-0.39, 0.29) is 5.97 Å². The molecule has 0 aliphatic rings. The highest BCUT2D eigenvalue weighted by molar-refractivity contribution is 7.80. The van der Waals surface area contributed by atoms with Crippen LogP contribution in [0.3, 0.4) is 0 Å². The van der Waals surface area contributed by atoms with E-state index in [1.807, 2.05) is 0 Å². The predicted octanol–water partition coefficient (Wildman–Crippen LogP) is 1.27. The SMILES string of the molecule is CCOC(=O)[C@@H](C)OCCCS. The lowest BCUT2D eigenvalue weighted by atomic mass is 10.4. The van der Waals surface area contributed by atoms with Crippen LogP contribution in [0.5, 0.6) is 0 Å². The molecule has 0 aliphatic heterocycles. The summed E-state index contributed by atoms with van der Waals surface area (Å²) in [7, 11) is 0. The summed E-state index contributed by atoms with van der Waals surface area (Å²) in [6.45, 7) is 4.43. The van der Waals surface area contributed by atoms with Crippen LogP contribution in [0.4, 0.5) is 0 Å². The van der Waals surface area contributed by atoms with Crippen molar-refractivity contribution in [1.29, 1.82) is 0 Å². The molecule has 0 rings (SSSR count). The lowest BCUT2D eigenvalue weighted by molar-refractivity contribution is -0.155. The molecule has 0 bridgehead atoms. The molecule has 4 heteroatoms. The van der Waals surface area contributed by atoms with Gasteiger partial charge in [0, 0.05) is 6.61 Å². The van der Waals surface area contributed by atoms with Crippen LogP contribution in [0.15, 0.2) is 0 Å². The second-order valence-electron chi connectivity index (χ2n) is 2.34. The van der Waals surface area contributed by atoms with E-state index in [1.54, 1.807) is 13.8 Å². The molecule has 0 heterocycles. The van der Waals surface area contributed by atoms with Crippen molar-refractivity contribution in [3.05, 3.63) is 0 Å². The number of esters is 1. The van der Waals surface area contributed by atoms with E-state index in [0.29, 0.717) is 13.2 Å². The highest BCUT2D eigenvalue weighted by atomic mass is 32.1. The van der Waals surface area contributed by atoms with E-state index in [4.69, 9.17) is 9.47 Å². The Hall–Kier alpha value is -0.220. The minimum Gasteiger partial charge on any atom is -0.464 e. The Kier molecular flexibility index (Phi) is 7.29. The van der Waals surface area contributed by atoms with Gasteiger partial charge in [-0.05, 0) is 26.0 Å². The largest absolute Gasteiger partial charge is 0.464 e. The quantitative estimate of drug-likeness (QED) is 0.391. The van der Waals surface area contributed by atoms with Gasteiger partial charge in [-0.25, -0.2) is 4.79 Å². The molecule has 0 aromatic carbocycles. The second-order valence-corrected chi connectivity index (χ2v) is 2.79. The normalized spacial score (nSPS) is 12.6. The van der Waals surface area contributed by atoms with Gasteiger partial charge in [-0.2, -0.15) is 12.6 Å². The zero-order valence-electron chi connectivity index (χ0n) is 7.58. The third-order valence-electron chi connectivity index (χ3n) is 1.29. The summed E-state index contributed by atoms with van der Waals surface area (Å²) in [5.41, 5.74) is 0. The van der Waals surface area contributed by atoms with Crippen molar-refractivity contribution < 1.29 is 14.3 Å². The van der Waals surface area contributed by atoms with Crippen LogP contribution < -0.4 is 0 Å². The second kappa shape index (κ2) is 7.43. The third-order valence-corrected chi connectivity index (χ3v) is 1.61. The third kappa shape index (κ3) is 5.43. The number of rotatable bonds is 6. The topological polar surface area (TPSA) is 35.5 Å². The highest BCUT2D eigenvalue weighted by Crippen LogP contribution is 1.96. The molecular formula is C8H16O3S. The van der Waals surface area contributed by atoms with Gasteiger partial charge in [-0.15, -0.1) is 0 Å². The summed E-state index contributed by atoms with van der Waals surface area (Å²) in [4.78, 5) is 11.0. The van der Waals surface area contributed by atoms with Crippen molar-refractivity contribution in [1.82, 2.24) is 0 Å². The number of hydrogen-bond acceptors (Lipinski definition) is 4. The number of ether oxygens (including phenoxy) is 2. The monoisotopic (exact) mass is 192 g/mol. The summed E-state index contributed by atoms with van der Waals surface area (Å²) in [5, 5.41) is 0. The maximum absolute atomic E-state index is 11.0. The van der Waals surface area contributed by atoms with Crippen LogP contribution in [0, 0.1) is 0 Å². The standard InChI is InChI=1S/C8H16O3S/c1-3-10-8(9)7(2)11-5-4-6-12/h7,12H,3-6H2,1-2H3/t7-/m1/s1. The first-order valence-corrected chi connectivity index (χ1v) is 4.74. The lowest BCUT2D eigenvalue weighted by Gasteiger charge is -2.10. The molecule has 0 aliphatic carbocycles. The molecule has 72 valence electrons. The average Bonchev–Trinajstić information content (AvgIpc) is 2.05. The van der Waals surface area contributed by atoms with Gasteiger partial charge in [0.15, 0.2) is 6.10 Å². The van der Waals surface area contributed by atoms with Gasteiger partial charge in [0.05, 0.1) is 6.61 Å². The van der Waals surface area contributed by atoms with Crippen LogP contribution >= 0.6 is 12.6 Å². The van der Waals surface area contributed by atoms with Crippen molar-refractivity contribution in [3.63, 3.8) is 0 Å². The molecule has 0 N–H and O–H groups in total. The summed E-state index contributed by atoms with van der Waals surface area (Å²) in [6.07, 6.45) is 0.400. The molecule has 0 unspecified atom stereocenters. The smallest absolute Gasteiger partial charge is 0.334 e. The maximum atomic E-state index is 11.0. The minimum atomic E-state index is -0.454. The number of carbonyl (C=O) groups excluding carboxylic acids is 1. The zero-order chi connectivity index (χ0) is 9.40. The Bertz CT molecular complexity index is 127. The fourth-order valence-electron chi connectivity index (χ4n) is 0.652. The average molecular weight is 192 g/mol. The molecule has 0 aromatic rings. The van der Waals surface area contributed by atoms with Gasteiger partial charge >= 0.3 is 5.97 Å². The fourth-order valence-corrected chi connectivity index (χ4v) is 0.781. The molecule has 0 saturated heterocycles. The molecule has 3 nitrogen and oxygen atoms in total. The molecule has 0 fully saturated rings. The van der Waals surface area contributed by atoms with E-state index < -0.39 is 6.10 Å². The van der Waals surface area contributed by atoms with E-state index in [9.17, 15) is 4.79 Å². The van der Waals surface area contributed by atoms with Crippen molar-refractivity contribution >= 4 is 18.6 Å². The van der Waals surface area contributed by atoms with Crippen LogP contribution in [-0.2, 0) is 14.3 Å². The molecule has 0 saturated carbocycles. The molecule has 0 radical (unpaired) electrons. The van der Waals surface area contributed by atoms with Crippen molar-refractivity contribution in [2.75, 3.05) is 19.0 Å². The Morgan fingerprint density at radius 3 is 2.75 bits per heavy atom. The Morgan fingerprint density at radius 1 is 1.58 bits per heavy atom. The van der Waals surface area contributed by atoms with Crippen molar-refractivity contribution in [2.24, 2.45) is 0 Å². The highest BCUT2D eigenvalue weighted by Gasteiger charge is 2.13. The molecule has 0 amide bonds. The lowest BCUT2D eigenvalue weighted by Crippen LogP contribution is -2.23. The Morgan fingerprint density at radius 2 is 2.25 bits per heavy atom. The number of carbonyl (C=O) groups is 1. The number of thiol groups is 1. The molecule has 0 aromatic heterocycles. The zero-order valence-corrected chi connectivity index (χ0v) is 8.47. The minimum absolute atomic E-state index is 0.295. The summed E-state index contributed by atoms with van der Waals surface area (Å²) in [6, 6.07) is 0. The van der Waals surface area contributed by atoms with Gasteiger partial charge in [-0.3, -0.25) is 0 Å². The first-order valence-electron chi connectivity index (χ1n) is 4.11. The van der Waals surface area contributed by atoms with E-state index >= 15 is 0 Å². The van der Waals surface area contributed by atoms with Gasteiger partial charge < -0.3 is 9.47 Å². The Balaban J connectivity index is 3.42.